The third kappa shape index (κ3) is 7.93. The second-order valence-corrected chi connectivity index (χ2v) is 13.0. The minimum absolute atomic E-state index is 0.0568. The Morgan fingerprint density at radius 3 is 2.69 bits per heavy atom. The van der Waals surface area contributed by atoms with E-state index in [4.69, 9.17) is 18.5 Å². The molecule has 5 atom stereocenters. The van der Waals surface area contributed by atoms with Crippen LogP contribution in [0.2, 0.25) is 0 Å². The second-order valence-electron chi connectivity index (χ2n) is 11.3. The van der Waals surface area contributed by atoms with Gasteiger partial charge in [-0.2, -0.15) is 9.48 Å². The number of aliphatic hydroxyl groups is 1. The monoisotopic (exact) mass is 607 g/mol. The smallest absolute Gasteiger partial charge is 0.459 e. The van der Waals surface area contributed by atoms with Crippen molar-refractivity contribution >= 4 is 24.5 Å². The molecule has 1 saturated heterocycles. The maximum atomic E-state index is 14.1. The van der Waals surface area contributed by atoms with Gasteiger partial charge in [0.2, 0.25) is 5.82 Å². The topological polar surface area (TPSA) is 158 Å². The normalized spacial score (nSPS) is 21.1. The lowest BCUT2D eigenvalue weighted by Gasteiger charge is -2.25. The van der Waals surface area contributed by atoms with Crippen molar-refractivity contribution in [1.82, 2.24) is 14.6 Å². The molecule has 4 rings (SSSR count). The van der Waals surface area contributed by atoms with Crippen LogP contribution >= 0.6 is 7.75 Å². The largest absolute Gasteiger partial charge is 0.465 e. The number of hydrogen-bond donors (Lipinski definition) is 3. The Morgan fingerprint density at radius 1 is 1.24 bits per heavy atom. The zero-order chi connectivity index (χ0) is 30.7. The molecule has 12 nitrogen and oxygen atoms in total. The minimum Gasteiger partial charge on any atom is -0.465 e. The molecule has 3 N–H and O–H groups in total. The van der Waals surface area contributed by atoms with E-state index in [0.717, 1.165) is 9.95 Å². The number of aliphatic hydroxyl groups excluding tert-OH is 1. The third-order valence-corrected chi connectivity index (χ3v) is 8.25. The predicted octanol–water partition coefficient (Wildman–Crippen LogP) is 3.64. The van der Waals surface area contributed by atoms with Crippen molar-refractivity contribution in [2.24, 2.45) is 5.41 Å². The molecule has 0 spiro atoms. The molecule has 42 heavy (non-hydrogen) atoms. The molecule has 1 aliphatic heterocycles. The lowest BCUT2D eigenvalue weighted by atomic mass is 9.93. The summed E-state index contributed by atoms with van der Waals surface area (Å²) in [6.07, 6.45) is -2.29. The molecule has 1 aromatic heterocycles. The van der Waals surface area contributed by atoms with Gasteiger partial charge in [-0.05, 0) is 30.2 Å². The molecule has 1 fully saturated rings. The molecule has 1 aliphatic rings. The van der Waals surface area contributed by atoms with Crippen LogP contribution in [0.1, 0.15) is 46.8 Å². The number of H-pyrrole nitrogens is 1. The summed E-state index contributed by atoms with van der Waals surface area (Å²) >= 11 is 0. The number of nitrogens with one attached hydrogen (secondary N) is 2. The van der Waals surface area contributed by atoms with Crippen LogP contribution in [0.5, 0.6) is 5.75 Å². The van der Waals surface area contributed by atoms with Crippen molar-refractivity contribution in [1.29, 1.82) is 0 Å². The molecule has 0 bridgehead atoms. The fraction of sp³-hybridized carbons (Fsp3) is 0.464. The molecule has 14 heteroatoms. The van der Waals surface area contributed by atoms with Gasteiger partial charge >= 0.3 is 19.4 Å². The number of carbonyl (C=O) groups is 1. The molecule has 0 saturated carbocycles. The van der Waals surface area contributed by atoms with Gasteiger partial charge in [0.1, 0.15) is 24.1 Å². The fourth-order valence-electron chi connectivity index (χ4n) is 4.25. The molecule has 2 aromatic carbocycles. The predicted molar refractivity (Wildman–Crippen MR) is 152 cm³/mol. The van der Waals surface area contributed by atoms with Crippen LogP contribution in [0.3, 0.4) is 0 Å². The third-order valence-electron chi connectivity index (χ3n) is 6.62. The Balaban J connectivity index is 1.52. The van der Waals surface area contributed by atoms with E-state index in [2.05, 4.69) is 5.09 Å². The first-order valence-corrected chi connectivity index (χ1v) is 15.0. The standard InChI is InChI=1S/C28H35FN3O9P/c1-17(26(35)38-13-12-28(2,3)4)31-42(37,41-22-11-7-9-18-8-5-6-10-19(18)22)39-16-23-21(33)14-24(40-23)32-15-20(29)25(34)30-27(32)36/h5-11,15,17,21,23-24,33H,12-14,16H2,1-4H3,(H,31,37)(H,30,34,36)/t17-,21?,23+,24+,42?/m0/s1. The number of aromatic nitrogens is 2. The van der Waals surface area contributed by atoms with Crippen molar-refractivity contribution in [2.45, 2.75) is 65.0 Å². The van der Waals surface area contributed by atoms with Crippen LogP contribution in [0.25, 0.3) is 10.8 Å². The molecule has 2 heterocycles. The van der Waals surface area contributed by atoms with Crippen molar-refractivity contribution in [3.05, 3.63) is 75.3 Å². The number of esters is 1. The first-order valence-electron chi connectivity index (χ1n) is 13.5. The zero-order valence-electron chi connectivity index (χ0n) is 23.7. The summed E-state index contributed by atoms with van der Waals surface area (Å²) in [5.41, 5.74) is -2.16. The SMILES string of the molecule is C[C@H](NP(=O)(OC[C@H]1O[C@@H](n2cc(F)c(=O)[nH]c2=O)CC1O)Oc1cccc2ccccc12)C(=O)OCCC(C)(C)C. The molecule has 228 valence electrons. The minimum atomic E-state index is -4.33. The van der Waals surface area contributed by atoms with Gasteiger partial charge in [0.15, 0.2) is 0 Å². The molecule has 3 aromatic rings. The number of benzene rings is 2. The number of rotatable bonds is 11. The van der Waals surface area contributed by atoms with Gasteiger partial charge in [0, 0.05) is 11.8 Å². The Bertz CT molecular complexity index is 1580. The van der Waals surface area contributed by atoms with Gasteiger partial charge in [-0.25, -0.2) is 9.36 Å². The summed E-state index contributed by atoms with van der Waals surface area (Å²) in [5, 5.41) is 14.7. The Morgan fingerprint density at radius 2 is 1.95 bits per heavy atom. The summed E-state index contributed by atoms with van der Waals surface area (Å²) < 4.78 is 51.3. The maximum absolute atomic E-state index is 14.1. The van der Waals surface area contributed by atoms with Crippen molar-refractivity contribution < 1.29 is 37.4 Å². The first-order chi connectivity index (χ1) is 19.7. The van der Waals surface area contributed by atoms with Gasteiger partial charge in [0.25, 0.3) is 5.56 Å². The Hall–Kier alpha value is -3.35. The highest BCUT2D eigenvalue weighted by Crippen LogP contribution is 2.47. The van der Waals surface area contributed by atoms with Crippen LogP contribution in [0.4, 0.5) is 4.39 Å². The number of nitrogens with zero attached hydrogens (tertiary/aromatic N) is 1. The number of carbonyl (C=O) groups excluding carboxylic acids is 1. The van der Waals surface area contributed by atoms with E-state index in [1.165, 1.54) is 6.92 Å². The summed E-state index contributed by atoms with van der Waals surface area (Å²) in [5.74, 6) is -1.65. The quantitative estimate of drug-likeness (QED) is 0.217. The number of aromatic amines is 1. The van der Waals surface area contributed by atoms with Crippen molar-refractivity contribution in [2.75, 3.05) is 13.2 Å². The lowest BCUT2D eigenvalue weighted by Crippen LogP contribution is -2.37. The maximum Gasteiger partial charge on any atom is 0.459 e. The van der Waals surface area contributed by atoms with Gasteiger partial charge in [0.05, 0.1) is 25.5 Å². The van der Waals surface area contributed by atoms with Gasteiger partial charge < -0.3 is 19.1 Å². The molecular weight excluding hydrogens is 572 g/mol. The summed E-state index contributed by atoms with van der Waals surface area (Å²) in [4.78, 5) is 38.1. The van der Waals surface area contributed by atoms with Crippen molar-refractivity contribution in [3.8, 4) is 5.75 Å². The van der Waals surface area contributed by atoms with Crippen LogP contribution in [0, 0.1) is 11.2 Å². The summed E-state index contributed by atoms with van der Waals surface area (Å²) in [6, 6.07) is 11.3. The molecule has 0 amide bonds. The van der Waals surface area contributed by atoms with E-state index in [-0.39, 0.29) is 24.2 Å². The van der Waals surface area contributed by atoms with E-state index in [1.54, 1.807) is 24.3 Å². The number of halogens is 1. The van der Waals surface area contributed by atoms with E-state index in [9.17, 15) is 28.4 Å². The average molecular weight is 608 g/mol. The van der Waals surface area contributed by atoms with Crippen LogP contribution < -0.4 is 20.9 Å². The van der Waals surface area contributed by atoms with Crippen LogP contribution in [0.15, 0.2) is 58.3 Å². The Labute approximate surface area is 241 Å². The number of hydrogen-bond acceptors (Lipinski definition) is 9. The highest BCUT2D eigenvalue weighted by Gasteiger charge is 2.40. The van der Waals surface area contributed by atoms with Gasteiger partial charge in [-0.3, -0.25) is 23.7 Å². The second kappa shape index (κ2) is 12.9. The average Bonchev–Trinajstić information content (AvgIpc) is 3.29. The lowest BCUT2D eigenvalue weighted by molar-refractivity contribution is -0.146. The highest BCUT2D eigenvalue weighted by atomic mass is 31.2. The number of fused-ring (bicyclic) bond motifs is 1. The van der Waals surface area contributed by atoms with E-state index >= 15 is 0 Å². The fourth-order valence-corrected chi connectivity index (χ4v) is 5.77. The highest BCUT2D eigenvalue weighted by molar-refractivity contribution is 7.52. The first kappa shape index (κ1) is 31.6. The molecular formula is C28H35FN3O9P. The summed E-state index contributed by atoms with van der Waals surface area (Å²) in [7, 11) is -4.33. The van der Waals surface area contributed by atoms with Crippen LogP contribution in [-0.2, 0) is 23.4 Å². The molecule has 0 radical (unpaired) electrons. The van der Waals surface area contributed by atoms with Crippen molar-refractivity contribution in [3.63, 3.8) is 0 Å². The van der Waals surface area contributed by atoms with Gasteiger partial charge in [-0.15, -0.1) is 0 Å². The van der Waals surface area contributed by atoms with Gasteiger partial charge in [-0.1, -0.05) is 57.2 Å². The zero-order valence-corrected chi connectivity index (χ0v) is 24.6. The van der Waals surface area contributed by atoms with E-state index < -0.39 is 61.9 Å². The number of ether oxygens (including phenoxy) is 2. The van der Waals surface area contributed by atoms with Crippen LogP contribution in [-0.4, -0.2) is 52.1 Å². The molecule has 0 aliphatic carbocycles. The van der Waals surface area contributed by atoms with E-state index in [1.807, 2.05) is 44.0 Å². The van der Waals surface area contributed by atoms with E-state index in [0.29, 0.717) is 18.0 Å². The summed E-state index contributed by atoms with van der Waals surface area (Å²) in [6.45, 7) is 7.16. The Kier molecular flexibility index (Phi) is 9.69. The molecule has 2 unspecified atom stereocenters.